The number of hydrogen-bond acceptors (Lipinski definition) is 4. The Kier molecular flexibility index (Phi) is 3.23. The molecular weight excluding hydrogens is 325 g/mol. The molecule has 0 fully saturated rings. The average Bonchev–Trinajstić information content (AvgIpc) is 2.82. The van der Waals surface area contributed by atoms with Crippen LogP contribution in [0.4, 0.5) is 10.3 Å². The predicted octanol–water partition coefficient (Wildman–Crippen LogP) is 3.89. The van der Waals surface area contributed by atoms with Gasteiger partial charge in [0.05, 0.1) is 11.8 Å². The van der Waals surface area contributed by atoms with E-state index in [0.717, 1.165) is 16.2 Å². The molecule has 0 aliphatic heterocycles. The molecule has 0 unspecified atom stereocenters. The summed E-state index contributed by atoms with van der Waals surface area (Å²) in [6.07, 6.45) is 2.62. The van der Waals surface area contributed by atoms with Gasteiger partial charge in [0, 0.05) is 21.8 Å². The van der Waals surface area contributed by atoms with Crippen LogP contribution in [0, 0.1) is 5.82 Å². The highest BCUT2D eigenvalue weighted by Gasteiger charge is 2.21. The molecule has 6 heteroatoms. The van der Waals surface area contributed by atoms with Gasteiger partial charge in [0.15, 0.2) is 5.82 Å². The molecule has 2 aromatic heterocycles. The zero-order valence-corrected chi connectivity index (χ0v) is 11.8. The van der Waals surface area contributed by atoms with Gasteiger partial charge in [-0.05, 0) is 12.1 Å². The number of pyridine rings is 1. The summed E-state index contributed by atoms with van der Waals surface area (Å²) in [6, 6.07) is 9.00. The van der Waals surface area contributed by atoms with E-state index in [9.17, 15) is 4.39 Å². The van der Waals surface area contributed by atoms with Crippen LogP contribution in [-0.4, -0.2) is 10.1 Å². The molecule has 0 amide bonds. The summed E-state index contributed by atoms with van der Waals surface area (Å²) in [5, 5.41) is 3.88. The molecule has 0 spiro atoms. The maximum Gasteiger partial charge on any atom is 0.230 e. The molecule has 0 bridgehead atoms. The summed E-state index contributed by atoms with van der Waals surface area (Å²) in [6.45, 7) is 0. The second-order valence-corrected chi connectivity index (χ2v) is 4.96. The summed E-state index contributed by atoms with van der Waals surface area (Å²) in [5.74, 6) is -0.336. The topological polar surface area (TPSA) is 64.9 Å². The molecule has 0 aliphatic carbocycles. The fourth-order valence-electron chi connectivity index (χ4n) is 1.98. The minimum atomic E-state index is -0.478. The van der Waals surface area contributed by atoms with Gasteiger partial charge in [-0.25, -0.2) is 4.39 Å². The first-order valence-corrected chi connectivity index (χ1v) is 6.57. The van der Waals surface area contributed by atoms with Crippen molar-refractivity contribution in [1.82, 2.24) is 10.1 Å². The van der Waals surface area contributed by atoms with Crippen LogP contribution >= 0.6 is 15.9 Å². The largest absolute Gasteiger partial charge is 0.367 e. The number of aromatic nitrogens is 2. The van der Waals surface area contributed by atoms with Crippen molar-refractivity contribution in [2.45, 2.75) is 0 Å². The van der Waals surface area contributed by atoms with E-state index < -0.39 is 5.82 Å². The zero-order valence-electron chi connectivity index (χ0n) is 10.2. The highest BCUT2D eigenvalue weighted by Crippen LogP contribution is 2.39. The Hall–Kier alpha value is -2.21. The zero-order chi connectivity index (χ0) is 14.1. The standard InChI is InChI=1S/C14H9BrFN3O/c15-10-4-2-1-3-8(10)12-13(19-20-14(12)17)9-5-6-18-7-11(9)16/h1-7H,17H2. The van der Waals surface area contributed by atoms with Crippen LogP contribution in [-0.2, 0) is 0 Å². The van der Waals surface area contributed by atoms with Crippen molar-refractivity contribution in [3.63, 3.8) is 0 Å². The quantitative estimate of drug-likeness (QED) is 0.772. The maximum absolute atomic E-state index is 13.9. The lowest BCUT2D eigenvalue weighted by molar-refractivity contribution is 0.439. The Morgan fingerprint density at radius 3 is 2.70 bits per heavy atom. The van der Waals surface area contributed by atoms with Crippen molar-refractivity contribution in [3.05, 3.63) is 53.0 Å². The molecule has 1 aromatic carbocycles. The Morgan fingerprint density at radius 2 is 1.95 bits per heavy atom. The SMILES string of the molecule is Nc1onc(-c2ccncc2F)c1-c1ccccc1Br. The van der Waals surface area contributed by atoms with E-state index in [-0.39, 0.29) is 5.88 Å². The summed E-state index contributed by atoms with van der Waals surface area (Å²) in [7, 11) is 0. The first kappa shape index (κ1) is 12.8. The summed E-state index contributed by atoms with van der Waals surface area (Å²) in [5.41, 5.74) is 7.84. The second kappa shape index (κ2) is 5.05. The first-order valence-electron chi connectivity index (χ1n) is 5.78. The van der Waals surface area contributed by atoms with Crippen molar-refractivity contribution < 1.29 is 8.91 Å². The predicted molar refractivity (Wildman–Crippen MR) is 77.2 cm³/mol. The van der Waals surface area contributed by atoms with E-state index in [0.29, 0.717) is 16.8 Å². The molecular formula is C14H9BrFN3O. The lowest BCUT2D eigenvalue weighted by atomic mass is 10.0. The molecule has 0 saturated heterocycles. The van der Waals surface area contributed by atoms with Crippen LogP contribution in [0.2, 0.25) is 0 Å². The number of halogens is 2. The van der Waals surface area contributed by atoms with Crippen LogP contribution in [0.3, 0.4) is 0 Å². The minimum absolute atomic E-state index is 0.142. The first-order chi connectivity index (χ1) is 9.68. The van der Waals surface area contributed by atoms with Gasteiger partial charge in [0.2, 0.25) is 5.88 Å². The van der Waals surface area contributed by atoms with Gasteiger partial charge in [-0.3, -0.25) is 4.98 Å². The Balaban J connectivity index is 2.26. The number of nitrogen functional groups attached to an aromatic ring is 1. The molecule has 100 valence electrons. The van der Waals surface area contributed by atoms with Gasteiger partial charge < -0.3 is 10.3 Å². The molecule has 2 heterocycles. The normalized spacial score (nSPS) is 10.7. The number of hydrogen-bond donors (Lipinski definition) is 1. The summed E-state index contributed by atoms with van der Waals surface area (Å²) < 4.78 is 19.7. The third-order valence-corrected chi connectivity index (χ3v) is 3.58. The van der Waals surface area contributed by atoms with Gasteiger partial charge >= 0.3 is 0 Å². The monoisotopic (exact) mass is 333 g/mol. The fourth-order valence-corrected chi connectivity index (χ4v) is 2.46. The van der Waals surface area contributed by atoms with E-state index in [1.165, 1.54) is 12.3 Å². The number of rotatable bonds is 2. The van der Waals surface area contributed by atoms with Gasteiger partial charge in [-0.1, -0.05) is 39.3 Å². The third-order valence-electron chi connectivity index (χ3n) is 2.89. The lowest BCUT2D eigenvalue weighted by Crippen LogP contribution is -1.91. The maximum atomic E-state index is 13.9. The van der Waals surface area contributed by atoms with Gasteiger partial charge in [0.1, 0.15) is 5.69 Å². The van der Waals surface area contributed by atoms with Crippen LogP contribution < -0.4 is 5.73 Å². The molecule has 0 atom stereocenters. The Morgan fingerprint density at radius 1 is 1.15 bits per heavy atom. The van der Waals surface area contributed by atoms with Crippen LogP contribution in [0.5, 0.6) is 0 Å². The molecule has 20 heavy (non-hydrogen) atoms. The summed E-state index contributed by atoms with van der Waals surface area (Å²) >= 11 is 3.45. The molecule has 3 aromatic rings. The van der Waals surface area contributed by atoms with Crippen molar-refractivity contribution in [3.8, 4) is 22.4 Å². The fraction of sp³-hybridized carbons (Fsp3) is 0. The van der Waals surface area contributed by atoms with Crippen molar-refractivity contribution in [2.24, 2.45) is 0 Å². The van der Waals surface area contributed by atoms with E-state index in [1.54, 1.807) is 0 Å². The van der Waals surface area contributed by atoms with Gasteiger partial charge in [0.25, 0.3) is 0 Å². The smallest absolute Gasteiger partial charge is 0.230 e. The van der Waals surface area contributed by atoms with E-state index in [1.807, 2.05) is 24.3 Å². The molecule has 0 saturated carbocycles. The van der Waals surface area contributed by atoms with Gasteiger partial charge in [-0.15, -0.1) is 0 Å². The number of nitrogens with two attached hydrogens (primary N) is 1. The van der Waals surface area contributed by atoms with E-state index >= 15 is 0 Å². The molecule has 0 aliphatic rings. The van der Waals surface area contributed by atoms with Crippen LogP contribution in [0.15, 0.2) is 51.7 Å². The Bertz CT molecular complexity index is 773. The summed E-state index contributed by atoms with van der Waals surface area (Å²) in [4.78, 5) is 3.72. The number of nitrogens with zero attached hydrogens (tertiary/aromatic N) is 2. The highest BCUT2D eigenvalue weighted by molar-refractivity contribution is 9.10. The second-order valence-electron chi connectivity index (χ2n) is 4.11. The molecule has 3 rings (SSSR count). The Labute approximate surface area is 122 Å². The van der Waals surface area contributed by atoms with Crippen molar-refractivity contribution in [2.75, 3.05) is 5.73 Å². The molecule has 2 N–H and O–H groups in total. The molecule has 4 nitrogen and oxygen atoms in total. The third kappa shape index (κ3) is 2.08. The highest BCUT2D eigenvalue weighted by atomic mass is 79.9. The van der Waals surface area contributed by atoms with Crippen molar-refractivity contribution >= 4 is 21.8 Å². The average molecular weight is 334 g/mol. The van der Waals surface area contributed by atoms with Gasteiger partial charge in [-0.2, -0.15) is 0 Å². The number of benzene rings is 1. The van der Waals surface area contributed by atoms with E-state index in [4.69, 9.17) is 10.3 Å². The minimum Gasteiger partial charge on any atom is -0.367 e. The van der Waals surface area contributed by atoms with Crippen molar-refractivity contribution in [1.29, 1.82) is 0 Å². The van der Waals surface area contributed by atoms with E-state index in [2.05, 4.69) is 26.1 Å². The molecule has 0 radical (unpaired) electrons. The van der Waals surface area contributed by atoms with Crippen LogP contribution in [0.1, 0.15) is 0 Å². The lowest BCUT2D eigenvalue weighted by Gasteiger charge is -2.05. The number of anilines is 1. The van der Waals surface area contributed by atoms with Crippen LogP contribution in [0.25, 0.3) is 22.4 Å².